The molecule has 108 valence electrons. The van der Waals surface area contributed by atoms with E-state index >= 15 is 0 Å². The van der Waals surface area contributed by atoms with Gasteiger partial charge in [0.25, 0.3) is 5.91 Å². The van der Waals surface area contributed by atoms with E-state index in [9.17, 15) is 22.8 Å². The number of alkyl halides is 3. The number of halogens is 3. The first-order chi connectivity index (χ1) is 9.30. The third-order valence-electron chi connectivity index (χ3n) is 3.12. The van der Waals surface area contributed by atoms with Crippen molar-refractivity contribution < 1.29 is 27.5 Å². The van der Waals surface area contributed by atoms with E-state index < -0.39 is 42.1 Å². The van der Waals surface area contributed by atoms with Crippen molar-refractivity contribution in [3.63, 3.8) is 0 Å². The zero-order valence-electron chi connectivity index (χ0n) is 10.3. The molecule has 0 bridgehead atoms. The van der Waals surface area contributed by atoms with Crippen molar-refractivity contribution in [3.05, 3.63) is 35.4 Å². The fraction of sp³-hybridized carbons (Fsp3) is 0.385. The smallest absolute Gasteiger partial charge is 0.416 e. The Hall–Kier alpha value is -2.05. The van der Waals surface area contributed by atoms with Gasteiger partial charge in [-0.1, -0.05) is 18.2 Å². The van der Waals surface area contributed by atoms with Gasteiger partial charge in [0.05, 0.1) is 11.5 Å². The molecule has 0 aromatic heterocycles. The van der Waals surface area contributed by atoms with Gasteiger partial charge in [-0.15, -0.1) is 0 Å². The molecule has 4 nitrogen and oxygen atoms in total. The SMILES string of the molecule is NC(=O)COC(=O)C1CC1c1ccccc1C(F)(F)F. The molecule has 7 heteroatoms. The normalized spacial score (nSPS) is 21.4. The Morgan fingerprint density at radius 1 is 1.30 bits per heavy atom. The van der Waals surface area contributed by atoms with Crippen molar-refractivity contribution in [2.75, 3.05) is 6.61 Å². The summed E-state index contributed by atoms with van der Waals surface area (Å²) in [7, 11) is 0. The number of amides is 1. The van der Waals surface area contributed by atoms with Crippen LogP contribution in [0.4, 0.5) is 13.2 Å². The molecule has 1 aromatic rings. The van der Waals surface area contributed by atoms with Crippen LogP contribution in [-0.2, 0) is 20.5 Å². The van der Waals surface area contributed by atoms with Crippen LogP contribution in [0.25, 0.3) is 0 Å². The highest BCUT2D eigenvalue weighted by Gasteiger charge is 2.48. The number of esters is 1. The lowest BCUT2D eigenvalue weighted by Gasteiger charge is -2.12. The number of nitrogens with two attached hydrogens (primary N) is 1. The third kappa shape index (κ3) is 3.09. The first-order valence-electron chi connectivity index (χ1n) is 5.91. The first-order valence-corrected chi connectivity index (χ1v) is 5.91. The molecule has 0 radical (unpaired) electrons. The highest BCUT2D eigenvalue weighted by atomic mass is 19.4. The minimum Gasteiger partial charge on any atom is -0.455 e. The number of rotatable bonds is 4. The lowest BCUT2D eigenvalue weighted by molar-refractivity contribution is -0.149. The molecule has 0 saturated heterocycles. The van der Waals surface area contributed by atoms with E-state index in [1.54, 1.807) is 0 Å². The highest BCUT2D eigenvalue weighted by molar-refractivity contribution is 5.82. The van der Waals surface area contributed by atoms with Gasteiger partial charge >= 0.3 is 12.1 Å². The standard InChI is InChI=1S/C13H12F3NO3/c14-13(15,16)10-4-2-1-3-7(10)8-5-9(8)12(19)20-6-11(17)18/h1-4,8-9H,5-6H2,(H2,17,18). The molecule has 2 unspecified atom stereocenters. The van der Waals surface area contributed by atoms with Gasteiger partial charge in [-0.3, -0.25) is 9.59 Å². The minimum atomic E-state index is -4.46. The lowest BCUT2D eigenvalue weighted by atomic mass is 10.0. The molecule has 1 aliphatic carbocycles. The Labute approximate surface area is 112 Å². The van der Waals surface area contributed by atoms with E-state index in [1.165, 1.54) is 18.2 Å². The Kier molecular flexibility index (Phi) is 3.69. The molecular weight excluding hydrogens is 275 g/mol. The number of hydrogen-bond acceptors (Lipinski definition) is 3. The molecule has 2 N–H and O–H groups in total. The summed E-state index contributed by atoms with van der Waals surface area (Å²) in [6.07, 6.45) is -4.18. The maximum atomic E-state index is 12.8. The van der Waals surface area contributed by atoms with Gasteiger partial charge < -0.3 is 10.5 Å². The molecule has 1 fully saturated rings. The van der Waals surface area contributed by atoms with Gasteiger partial charge in [0, 0.05) is 0 Å². The zero-order valence-corrected chi connectivity index (χ0v) is 10.3. The van der Waals surface area contributed by atoms with Crippen LogP contribution in [-0.4, -0.2) is 18.5 Å². The molecular formula is C13H12F3NO3. The van der Waals surface area contributed by atoms with Gasteiger partial charge in [-0.25, -0.2) is 0 Å². The molecule has 1 saturated carbocycles. The predicted molar refractivity (Wildman–Crippen MR) is 62.4 cm³/mol. The summed E-state index contributed by atoms with van der Waals surface area (Å²) >= 11 is 0. The number of ether oxygens (including phenoxy) is 1. The van der Waals surface area contributed by atoms with E-state index in [4.69, 9.17) is 5.73 Å². The van der Waals surface area contributed by atoms with Crippen LogP contribution in [0.3, 0.4) is 0 Å². The molecule has 1 aliphatic rings. The van der Waals surface area contributed by atoms with Gasteiger partial charge in [-0.05, 0) is 24.0 Å². The fourth-order valence-electron chi connectivity index (χ4n) is 2.13. The third-order valence-corrected chi connectivity index (χ3v) is 3.12. The zero-order chi connectivity index (χ0) is 14.9. The monoisotopic (exact) mass is 287 g/mol. The Bertz CT molecular complexity index is 542. The second-order valence-electron chi connectivity index (χ2n) is 4.61. The number of primary amides is 1. The van der Waals surface area contributed by atoms with Crippen LogP contribution in [0, 0.1) is 5.92 Å². The van der Waals surface area contributed by atoms with Gasteiger partial charge in [-0.2, -0.15) is 13.2 Å². The Morgan fingerprint density at radius 2 is 1.95 bits per heavy atom. The molecule has 1 amide bonds. The van der Waals surface area contributed by atoms with Gasteiger partial charge in [0.15, 0.2) is 6.61 Å². The largest absolute Gasteiger partial charge is 0.455 e. The van der Waals surface area contributed by atoms with Crippen molar-refractivity contribution in [1.82, 2.24) is 0 Å². The molecule has 0 heterocycles. The first kappa shape index (κ1) is 14.4. The molecule has 1 aromatic carbocycles. The summed E-state index contributed by atoms with van der Waals surface area (Å²) in [5.41, 5.74) is 4.17. The van der Waals surface area contributed by atoms with Crippen LogP contribution in [0.15, 0.2) is 24.3 Å². The topological polar surface area (TPSA) is 69.4 Å². The van der Waals surface area contributed by atoms with E-state index in [0.717, 1.165) is 6.07 Å². The minimum absolute atomic E-state index is 0.0843. The van der Waals surface area contributed by atoms with Crippen LogP contribution in [0.2, 0.25) is 0 Å². The van der Waals surface area contributed by atoms with Crippen LogP contribution >= 0.6 is 0 Å². The fourth-order valence-corrected chi connectivity index (χ4v) is 2.13. The second-order valence-corrected chi connectivity index (χ2v) is 4.61. The van der Waals surface area contributed by atoms with Crippen molar-refractivity contribution >= 4 is 11.9 Å². The quantitative estimate of drug-likeness (QED) is 0.859. The molecule has 20 heavy (non-hydrogen) atoms. The number of hydrogen-bond donors (Lipinski definition) is 1. The summed E-state index contributed by atoms with van der Waals surface area (Å²) in [6.45, 7) is -0.553. The average Bonchev–Trinajstić information content (AvgIpc) is 3.15. The van der Waals surface area contributed by atoms with Crippen molar-refractivity contribution in [1.29, 1.82) is 0 Å². The van der Waals surface area contributed by atoms with Crippen molar-refractivity contribution in [2.24, 2.45) is 11.7 Å². The number of carbonyl (C=O) groups is 2. The van der Waals surface area contributed by atoms with E-state index in [-0.39, 0.29) is 12.0 Å². The van der Waals surface area contributed by atoms with Crippen molar-refractivity contribution in [3.8, 4) is 0 Å². The van der Waals surface area contributed by atoms with Crippen LogP contribution in [0.5, 0.6) is 0 Å². The Balaban J connectivity index is 2.09. The molecule has 2 atom stereocenters. The predicted octanol–water partition coefficient (Wildman–Crippen LogP) is 1.84. The van der Waals surface area contributed by atoms with E-state index in [0.29, 0.717) is 0 Å². The maximum absolute atomic E-state index is 12.8. The summed E-state index contributed by atoms with van der Waals surface area (Å²) in [6, 6.07) is 5.14. The van der Waals surface area contributed by atoms with Crippen LogP contribution in [0.1, 0.15) is 23.5 Å². The number of benzene rings is 1. The lowest BCUT2D eigenvalue weighted by Crippen LogP contribution is -2.21. The van der Waals surface area contributed by atoms with Crippen LogP contribution < -0.4 is 5.73 Å². The Morgan fingerprint density at radius 3 is 2.55 bits per heavy atom. The summed E-state index contributed by atoms with van der Waals surface area (Å²) < 4.78 is 43.1. The van der Waals surface area contributed by atoms with Gasteiger partial charge in [0.1, 0.15) is 0 Å². The molecule has 0 spiro atoms. The number of carbonyl (C=O) groups excluding carboxylic acids is 2. The van der Waals surface area contributed by atoms with Gasteiger partial charge in [0.2, 0.25) is 0 Å². The van der Waals surface area contributed by atoms with E-state index in [2.05, 4.69) is 4.74 Å². The summed E-state index contributed by atoms with van der Waals surface area (Å²) in [4.78, 5) is 22.0. The van der Waals surface area contributed by atoms with Crippen molar-refractivity contribution in [2.45, 2.75) is 18.5 Å². The highest BCUT2D eigenvalue weighted by Crippen LogP contribution is 2.51. The summed E-state index contributed by atoms with van der Waals surface area (Å²) in [5, 5.41) is 0. The summed E-state index contributed by atoms with van der Waals surface area (Å²) in [5.74, 6) is -2.65. The van der Waals surface area contributed by atoms with E-state index in [1.807, 2.05) is 0 Å². The second kappa shape index (κ2) is 5.15. The molecule has 0 aliphatic heterocycles. The average molecular weight is 287 g/mol. The maximum Gasteiger partial charge on any atom is 0.416 e. The molecule has 2 rings (SSSR count).